The smallest absolute Gasteiger partial charge is 0.199 e. The maximum Gasteiger partial charge on any atom is 0.199 e. The summed E-state index contributed by atoms with van der Waals surface area (Å²) in [7, 11) is -3.70. The number of sulfone groups is 1. The summed E-state index contributed by atoms with van der Waals surface area (Å²) >= 11 is 5.85. The molecule has 6 heteroatoms. The number of nitriles is 1. The van der Waals surface area contributed by atoms with Crippen LogP contribution in [-0.2, 0) is 9.84 Å². The van der Waals surface area contributed by atoms with Crippen molar-refractivity contribution >= 4 is 27.1 Å². The summed E-state index contributed by atoms with van der Waals surface area (Å²) in [5.41, 5.74) is 1.23. The highest BCUT2D eigenvalue weighted by molar-refractivity contribution is 7.92. The van der Waals surface area contributed by atoms with Gasteiger partial charge in [-0.05, 0) is 29.8 Å². The minimum absolute atomic E-state index is 0.168. The average Bonchev–Trinajstić information content (AvgIpc) is 2.47. The number of hydrogen-bond acceptors (Lipinski definition) is 4. The summed E-state index contributed by atoms with van der Waals surface area (Å²) in [6, 6.07) is 14.7. The Morgan fingerprint density at radius 1 is 1.10 bits per heavy atom. The first kappa shape index (κ1) is 13.9. The van der Waals surface area contributed by atoms with Gasteiger partial charge in [-0.25, -0.2) is 8.42 Å². The predicted octanol–water partition coefficient (Wildman–Crippen LogP) is 3.17. The number of benzene rings is 2. The first-order valence-electron chi connectivity index (χ1n) is 6.28. The highest BCUT2D eigenvalue weighted by Gasteiger charge is 2.41. The number of rotatable bonds is 1. The van der Waals surface area contributed by atoms with E-state index in [1.807, 2.05) is 6.07 Å². The van der Waals surface area contributed by atoms with Gasteiger partial charge in [0.2, 0.25) is 0 Å². The minimum atomic E-state index is -3.70. The predicted molar refractivity (Wildman–Crippen MR) is 80.8 cm³/mol. The Kier molecular flexibility index (Phi) is 3.36. The average molecular weight is 319 g/mol. The molecule has 0 aliphatic carbocycles. The third kappa shape index (κ3) is 2.27. The Balaban J connectivity index is 2.16. The third-order valence-corrected chi connectivity index (χ3v) is 5.77. The van der Waals surface area contributed by atoms with Gasteiger partial charge in [-0.3, -0.25) is 0 Å². The van der Waals surface area contributed by atoms with Crippen LogP contribution >= 0.6 is 11.6 Å². The van der Waals surface area contributed by atoms with Gasteiger partial charge in [-0.15, -0.1) is 0 Å². The van der Waals surface area contributed by atoms with Crippen LogP contribution in [0.4, 0.5) is 5.69 Å². The highest BCUT2D eigenvalue weighted by atomic mass is 35.5. The van der Waals surface area contributed by atoms with Gasteiger partial charge in [-0.2, -0.15) is 5.26 Å². The lowest BCUT2D eigenvalue weighted by molar-refractivity contribution is 0.576. The van der Waals surface area contributed by atoms with Gasteiger partial charge < -0.3 is 5.32 Å². The van der Waals surface area contributed by atoms with Crippen LogP contribution in [0.2, 0.25) is 5.02 Å². The molecule has 0 bridgehead atoms. The maximum absolute atomic E-state index is 12.6. The molecule has 0 saturated heterocycles. The monoisotopic (exact) mass is 318 g/mol. The fourth-order valence-corrected chi connectivity index (χ4v) is 4.29. The molecule has 2 atom stereocenters. The number of fused-ring (bicyclic) bond motifs is 1. The molecule has 1 N–H and O–H groups in total. The van der Waals surface area contributed by atoms with Crippen LogP contribution in [-0.4, -0.2) is 13.7 Å². The molecular weight excluding hydrogens is 308 g/mol. The zero-order valence-electron chi connectivity index (χ0n) is 10.8. The molecule has 1 heterocycles. The van der Waals surface area contributed by atoms with E-state index < -0.39 is 21.1 Å². The van der Waals surface area contributed by atoms with E-state index in [1.54, 1.807) is 42.5 Å². The summed E-state index contributed by atoms with van der Waals surface area (Å²) < 4.78 is 25.2. The van der Waals surface area contributed by atoms with Crippen molar-refractivity contribution in [2.75, 3.05) is 5.32 Å². The van der Waals surface area contributed by atoms with E-state index in [4.69, 9.17) is 11.6 Å². The molecule has 1 aliphatic heterocycles. The van der Waals surface area contributed by atoms with Gasteiger partial charge >= 0.3 is 0 Å². The number of hydrogen-bond donors (Lipinski definition) is 1. The van der Waals surface area contributed by atoms with Crippen LogP contribution in [0.25, 0.3) is 0 Å². The maximum atomic E-state index is 12.6. The number of nitrogens with zero attached hydrogens (tertiary/aromatic N) is 1. The molecule has 2 aromatic rings. The van der Waals surface area contributed by atoms with Gasteiger partial charge in [0.05, 0.1) is 22.7 Å². The fourth-order valence-electron chi connectivity index (χ4n) is 2.47. The fraction of sp³-hybridized carbons (Fsp3) is 0.133. The van der Waals surface area contributed by atoms with E-state index >= 15 is 0 Å². The minimum Gasteiger partial charge on any atom is -0.375 e. The van der Waals surface area contributed by atoms with E-state index in [0.717, 1.165) is 0 Å². The lowest BCUT2D eigenvalue weighted by atomic mass is 10.0. The SMILES string of the molecule is N#CC1C(c2ccc(Cl)cc2)Nc2ccccc2S1(=O)=O. The summed E-state index contributed by atoms with van der Waals surface area (Å²) in [5.74, 6) is 0. The molecule has 0 radical (unpaired) electrons. The number of anilines is 1. The molecular formula is C15H11ClN2O2S. The van der Waals surface area contributed by atoms with Crippen molar-refractivity contribution in [3.63, 3.8) is 0 Å². The van der Waals surface area contributed by atoms with Crippen LogP contribution in [0.1, 0.15) is 11.6 Å². The first-order chi connectivity index (χ1) is 10.0. The van der Waals surface area contributed by atoms with Crippen molar-refractivity contribution in [2.45, 2.75) is 16.2 Å². The molecule has 0 amide bonds. The largest absolute Gasteiger partial charge is 0.375 e. The second-order valence-electron chi connectivity index (χ2n) is 4.76. The van der Waals surface area contributed by atoms with E-state index in [0.29, 0.717) is 16.3 Å². The second-order valence-corrected chi connectivity index (χ2v) is 7.24. The Morgan fingerprint density at radius 3 is 2.43 bits per heavy atom. The van der Waals surface area contributed by atoms with Crippen LogP contribution in [0.3, 0.4) is 0 Å². The van der Waals surface area contributed by atoms with E-state index in [2.05, 4.69) is 5.32 Å². The lowest BCUT2D eigenvalue weighted by Gasteiger charge is -2.31. The van der Waals surface area contributed by atoms with Crippen molar-refractivity contribution in [1.82, 2.24) is 0 Å². The van der Waals surface area contributed by atoms with Crippen molar-refractivity contribution in [1.29, 1.82) is 5.26 Å². The summed E-state index contributed by atoms with van der Waals surface area (Å²) in [4.78, 5) is 0.168. The molecule has 0 spiro atoms. The summed E-state index contributed by atoms with van der Waals surface area (Å²) in [6.07, 6.45) is 0. The number of halogens is 1. The van der Waals surface area contributed by atoms with E-state index in [1.165, 1.54) is 6.07 Å². The van der Waals surface area contributed by atoms with Crippen molar-refractivity contribution < 1.29 is 8.42 Å². The topological polar surface area (TPSA) is 70.0 Å². The zero-order valence-corrected chi connectivity index (χ0v) is 12.4. The highest BCUT2D eigenvalue weighted by Crippen LogP contribution is 2.38. The molecule has 1 aliphatic rings. The quantitative estimate of drug-likeness (QED) is 0.876. The molecule has 106 valence electrons. The molecule has 2 unspecified atom stereocenters. The Morgan fingerprint density at radius 2 is 1.76 bits per heavy atom. The van der Waals surface area contributed by atoms with Gasteiger partial charge in [0.25, 0.3) is 0 Å². The molecule has 21 heavy (non-hydrogen) atoms. The summed E-state index contributed by atoms with van der Waals surface area (Å²) in [5, 5.41) is 11.9. The standard InChI is InChI=1S/C15H11ClN2O2S/c16-11-7-5-10(6-8-11)15-14(9-17)21(19,20)13-4-2-1-3-12(13)18-15/h1-8,14-15,18H. The van der Waals surface area contributed by atoms with Crippen molar-refractivity contribution in [3.8, 4) is 6.07 Å². The molecule has 0 aromatic heterocycles. The van der Waals surface area contributed by atoms with Crippen molar-refractivity contribution in [3.05, 3.63) is 59.1 Å². The molecule has 4 nitrogen and oxygen atoms in total. The third-order valence-electron chi connectivity index (χ3n) is 3.50. The van der Waals surface area contributed by atoms with Crippen LogP contribution in [0, 0.1) is 11.3 Å². The van der Waals surface area contributed by atoms with Gasteiger partial charge in [0.15, 0.2) is 15.1 Å². The second kappa shape index (κ2) is 5.06. The number of nitrogens with one attached hydrogen (secondary N) is 1. The van der Waals surface area contributed by atoms with Gasteiger partial charge in [0.1, 0.15) is 0 Å². The summed E-state index contributed by atoms with van der Waals surface area (Å²) in [6.45, 7) is 0. The zero-order chi connectivity index (χ0) is 15.0. The molecule has 0 saturated carbocycles. The van der Waals surface area contributed by atoms with Crippen LogP contribution in [0.15, 0.2) is 53.4 Å². The van der Waals surface area contributed by atoms with E-state index in [9.17, 15) is 13.7 Å². The Bertz CT molecular complexity index is 825. The van der Waals surface area contributed by atoms with Crippen molar-refractivity contribution in [2.24, 2.45) is 0 Å². The molecule has 2 aromatic carbocycles. The lowest BCUT2D eigenvalue weighted by Crippen LogP contribution is -2.36. The first-order valence-corrected chi connectivity index (χ1v) is 8.21. The van der Waals surface area contributed by atoms with Crippen LogP contribution < -0.4 is 5.32 Å². The van der Waals surface area contributed by atoms with E-state index in [-0.39, 0.29) is 4.90 Å². The Labute approximate surface area is 127 Å². The van der Waals surface area contributed by atoms with Gasteiger partial charge in [0, 0.05) is 5.02 Å². The van der Waals surface area contributed by atoms with Crippen LogP contribution in [0.5, 0.6) is 0 Å². The molecule has 3 rings (SSSR count). The normalized spacial score (nSPS) is 22.7. The van der Waals surface area contributed by atoms with Gasteiger partial charge in [-0.1, -0.05) is 35.9 Å². The number of para-hydroxylation sites is 1. The Hall–Kier alpha value is -2.03. The molecule has 0 fully saturated rings.